The van der Waals surface area contributed by atoms with E-state index >= 15 is 0 Å². The summed E-state index contributed by atoms with van der Waals surface area (Å²) in [5.41, 5.74) is 11.1. The molecule has 0 saturated heterocycles. The summed E-state index contributed by atoms with van der Waals surface area (Å²) in [6.45, 7) is 0.462. The van der Waals surface area contributed by atoms with Crippen molar-refractivity contribution in [3.63, 3.8) is 0 Å². The molecule has 0 aromatic heterocycles. The summed E-state index contributed by atoms with van der Waals surface area (Å²) in [5.74, 6) is -1.39. The first kappa shape index (κ1) is 23.0. The molecule has 0 aromatic rings. The number of carbonyl (C=O) groups excluding carboxylic acids is 2. The number of hydrogen-bond donors (Lipinski definition) is 6. The molecule has 24 heavy (non-hydrogen) atoms. The fraction of sp³-hybridized carbons (Fsp3) is 0.786. The standard InChI is InChI=1S/C14H28N4O4S2/c1-24-7-5-9(16)12(19)18-11(8-23)13(20)17-10(14(21)22)4-2-3-6-15/h9-11,23H,2-8,15-16H2,1H3,(H,17,20)(H,18,19)(H,21,22)/t9-,10-,11-/m0/s1. The normalized spacial score (nSPS) is 14.5. The van der Waals surface area contributed by atoms with Gasteiger partial charge in [-0.25, -0.2) is 4.79 Å². The first-order valence-corrected chi connectivity index (χ1v) is 9.79. The second kappa shape index (κ2) is 13.3. The molecule has 0 aliphatic heterocycles. The number of hydrogen-bond acceptors (Lipinski definition) is 7. The topological polar surface area (TPSA) is 148 Å². The van der Waals surface area contributed by atoms with Crippen LogP contribution in [-0.4, -0.2) is 65.3 Å². The van der Waals surface area contributed by atoms with Crippen LogP contribution in [0.5, 0.6) is 0 Å². The maximum atomic E-state index is 12.2. The number of thiol groups is 1. The Labute approximate surface area is 152 Å². The van der Waals surface area contributed by atoms with E-state index in [1.807, 2.05) is 6.26 Å². The van der Waals surface area contributed by atoms with Gasteiger partial charge in [-0.2, -0.15) is 24.4 Å². The Morgan fingerprint density at radius 2 is 1.75 bits per heavy atom. The van der Waals surface area contributed by atoms with E-state index in [-0.39, 0.29) is 12.2 Å². The van der Waals surface area contributed by atoms with Crippen LogP contribution < -0.4 is 22.1 Å². The smallest absolute Gasteiger partial charge is 0.326 e. The highest BCUT2D eigenvalue weighted by Crippen LogP contribution is 2.03. The van der Waals surface area contributed by atoms with Gasteiger partial charge >= 0.3 is 5.97 Å². The number of carboxylic acids is 1. The Hall–Kier alpha value is -0.970. The van der Waals surface area contributed by atoms with Crippen LogP contribution in [0.25, 0.3) is 0 Å². The van der Waals surface area contributed by atoms with Crippen LogP contribution in [0, 0.1) is 0 Å². The van der Waals surface area contributed by atoms with Crippen LogP contribution in [0.2, 0.25) is 0 Å². The maximum Gasteiger partial charge on any atom is 0.326 e. The van der Waals surface area contributed by atoms with Gasteiger partial charge in [0, 0.05) is 5.75 Å². The van der Waals surface area contributed by atoms with Gasteiger partial charge in [-0.3, -0.25) is 9.59 Å². The number of amides is 2. The van der Waals surface area contributed by atoms with Gasteiger partial charge in [0.05, 0.1) is 6.04 Å². The Kier molecular flexibility index (Phi) is 12.8. The summed E-state index contributed by atoms with van der Waals surface area (Å²) < 4.78 is 0. The summed E-state index contributed by atoms with van der Waals surface area (Å²) in [6.07, 6.45) is 3.94. The average Bonchev–Trinajstić information content (AvgIpc) is 2.55. The van der Waals surface area contributed by atoms with Crippen LogP contribution >= 0.6 is 24.4 Å². The van der Waals surface area contributed by atoms with E-state index < -0.39 is 35.9 Å². The van der Waals surface area contributed by atoms with Crippen LogP contribution in [0.3, 0.4) is 0 Å². The fourth-order valence-electron chi connectivity index (χ4n) is 1.87. The summed E-state index contributed by atoms with van der Waals surface area (Å²) in [7, 11) is 0. The Balaban J connectivity index is 4.59. The maximum absolute atomic E-state index is 12.2. The minimum atomic E-state index is -1.12. The van der Waals surface area contributed by atoms with Crippen molar-refractivity contribution >= 4 is 42.2 Å². The highest BCUT2D eigenvalue weighted by molar-refractivity contribution is 7.98. The minimum absolute atomic E-state index is 0.0436. The van der Waals surface area contributed by atoms with Crippen molar-refractivity contribution in [1.29, 1.82) is 0 Å². The Bertz CT molecular complexity index is 412. The lowest BCUT2D eigenvalue weighted by molar-refractivity contribution is -0.142. The summed E-state index contributed by atoms with van der Waals surface area (Å²) in [5, 5.41) is 14.1. The lowest BCUT2D eigenvalue weighted by atomic mass is 10.1. The van der Waals surface area contributed by atoms with E-state index in [0.717, 1.165) is 5.75 Å². The summed E-state index contributed by atoms with van der Waals surface area (Å²) >= 11 is 5.61. The van der Waals surface area contributed by atoms with Gasteiger partial charge < -0.3 is 27.2 Å². The molecule has 0 spiro atoms. The molecule has 140 valence electrons. The third kappa shape index (κ3) is 9.36. The van der Waals surface area contributed by atoms with E-state index in [2.05, 4.69) is 23.3 Å². The van der Waals surface area contributed by atoms with E-state index in [4.69, 9.17) is 16.6 Å². The van der Waals surface area contributed by atoms with Crippen molar-refractivity contribution < 1.29 is 19.5 Å². The predicted octanol–water partition coefficient (Wildman–Crippen LogP) is -0.820. The predicted molar refractivity (Wildman–Crippen MR) is 99.2 cm³/mol. The third-order valence-electron chi connectivity index (χ3n) is 3.35. The largest absolute Gasteiger partial charge is 0.480 e. The van der Waals surface area contributed by atoms with Gasteiger partial charge in [0.25, 0.3) is 0 Å². The van der Waals surface area contributed by atoms with Gasteiger partial charge in [-0.05, 0) is 44.2 Å². The molecule has 0 saturated carbocycles. The van der Waals surface area contributed by atoms with Gasteiger partial charge in [0.2, 0.25) is 11.8 Å². The molecule has 8 nitrogen and oxygen atoms in total. The van der Waals surface area contributed by atoms with Gasteiger partial charge in [0.1, 0.15) is 12.1 Å². The number of thioether (sulfide) groups is 1. The molecular formula is C14H28N4O4S2. The molecule has 0 radical (unpaired) electrons. The van der Waals surface area contributed by atoms with Crippen molar-refractivity contribution in [2.45, 2.75) is 43.8 Å². The molecule has 0 aliphatic carbocycles. The molecule has 2 amide bonds. The molecule has 0 aromatic carbocycles. The first-order valence-electron chi connectivity index (χ1n) is 7.76. The number of rotatable bonds is 13. The monoisotopic (exact) mass is 380 g/mol. The number of carbonyl (C=O) groups is 3. The lowest BCUT2D eigenvalue weighted by Crippen LogP contribution is -2.55. The molecule has 0 aliphatic rings. The number of aliphatic carboxylic acids is 1. The highest BCUT2D eigenvalue weighted by Gasteiger charge is 2.26. The van der Waals surface area contributed by atoms with E-state index in [0.29, 0.717) is 25.8 Å². The second-order valence-corrected chi connectivity index (χ2v) is 6.67. The van der Waals surface area contributed by atoms with E-state index in [1.54, 1.807) is 11.8 Å². The van der Waals surface area contributed by atoms with E-state index in [9.17, 15) is 14.4 Å². The zero-order valence-corrected chi connectivity index (χ0v) is 15.6. The first-order chi connectivity index (χ1) is 11.4. The molecule has 0 fully saturated rings. The zero-order valence-electron chi connectivity index (χ0n) is 13.9. The second-order valence-electron chi connectivity index (χ2n) is 5.32. The average molecular weight is 381 g/mol. The number of carboxylic acid groups (broad SMARTS) is 1. The molecule has 7 N–H and O–H groups in total. The third-order valence-corrected chi connectivity index (χ3v) is 4.36. The molecule has 0 unspecified atom stereocenters. The number of nitrogens with one attached hydrogen (secondary N) is 2. The van der Waals surface area contributed by atoms with Crippen LogP contribution in [0.4, 0.5) is 0 Å². The van der Waals surface area contributed by atoms with Crippen LogP contribution in [0.1, 0.15) is 25.7 Å². The minimum Gasteiger partial charge on any atom is -0.480 e. The Morgan fingerprint density at radius 1 is 1.12 bits per heavy atom. The quantitative estimate of drug-likeness (QED) is 0.181. The summed E-state index contributed by atoms with van der Waals surface area (Å²) in [4.78, 5) is 35.4. The summed E-state index contributed by atoms with van der Waals surface area (Å²) in [6, 6.07) is -2.67. The highest BCUT2D eigenvalue weighted by atomic mass is 32.2. The molecule has 0 heterocycles. The zero-order chi connectivity index (χ0) is 18.5. The molecule has 0 bridgehead atoms. The number of nitrogens with two attached hydrogens (primary N) is 2. The van der Waals surface area contributed by atoms with Gasteiger partial charge in [-0.1, -0.05) is 0 Å². The number of unbranched alkanes of at least 4 members (excludes halogenated alkanes) is 1. The van der Waals surface area contributed by atoms with Crippen molar-refractivity contribution in [3.05, 3.63) is 0 Å². The van der Waals surface area contributed by atoms with Crippen molar-refractivity contribution in [2.75, 3.05) is 24.3 Å². The molecular weight excluding hydrogens is 352 g/mol. The molecule has 0 rings (SSSR count). The van der Waals surface area contributed by atoms with Gasteiger partial charge in [0.15, 0.2) is 0 Å². The SMILES string of the molecule is CSCC[C@H](N)C(=O)N[C@@H](CS)C(=O)N[C@@H](CCCCN)C(=O)O. The van der Waals surface area contributed by atoms with E-state index in [1.165, 1.54) is 0 Å². The molecule has 10 heteroatoms. The van der Waals surface area contributed by atoms with Crippen LogP contribution in [-0.2, 0) is 14.4 Å². The fourth-order valence-corrected chi connectivity index (χ4v) is 2.62. The van der Waals surface area contributed by atoms with Crippen molar-refractivity contribution in [3.8, 4) is 0 Å². The van der Waals surface area contributed by atoms with Crippen molar-refractivity contribution in [1.82, 2.24) is 10.6 Å². The lowest BCUT2D eigenvalue weighted by Gasteiger charge is -2.21. The van der Waals surface area contributed by atoms with Crippen molar-refractivity contribution in [2.24, 2.45) is 11.5 Å². The van der Waals surface area contributed by atoms with Gasteiger partial charge in [-0.15, -0.1) is 0 Å². The Morgan fingerprint density at radius 3 is 2.25 bits per heavy atom. The molecule has 3 atom stereocenters. The van der Waals surface area contributed by atoms with Crippen LogP contribution in [0.15, 0.2) is 0 Å².